The minimum absolute atomic E-state index is 0.0389. The average molecular weight is 583 g/mol. The number of carbonyl (C=O) groups is 1. The Morgan fingerprint density at radius 1 is 1.17 bits per heavy atom. The van der Waals surface area contributed by atoms with E-state index < -0.39 is 46.3 Å². The Hall–Kier alpha value is -4.94. The third kappa shape index (κ3) is 5.90. The second-order valence-corrected chi connectivity index (χ2v) is 10.2. The Morgan fingerprint density at radius 2 is 1.86 bits per heavy atom. The number of rotatable bonds is 11. The van der Waals surface area contributed by atoms with E-state index in [0.717, 1.165) is 17.3 Å². The van der Waals surface area contributed by atoms with Gasteiger partial charge in [-0.25, -0.2) is 4.79 Å². The van der Waals surface area contributed by atoms with E-state index in [2.05, 4.69) is 9.98 Å². The molecule has 5 N–H and O–H groups in total. The molecule has 0 atom stereocenters. The number of hydrogen-bond acceptors (Lipinski definition) is 9. The molecule has 0 saturated carbocycles. The number of aromatic nitrogens is 1. The van der Waals surface area contributed by atoms with Gasteiger partial charge in [0.05, 0.1) is 6.54 Å². The normalized spacial score (nSPS) is 13.1. The van der Waals surface area contributed by atoms with Crippen LogP contribution < -0.4 is 20.1 Å². The number of phenols is 1. The van der Waals surface area contributed by atoms with E-state index in [1.54, 1.807) is 25.1 Å². The number of aliphatic carboxylic acids is 1. The van der Waals surface area contributed by atoms with Gasteiger partial charge in [-0.3, -0.25) is 10.4 Å². The molecule has 0 fully saturated rings. The minimum atomic E-state index is -1.75. The molecule has 0 aliphatic carbocycles. The highest BCUT2D eigenvalue weighted by atomic mass is 19.1. The van der Waals surface area contributed by atoms with Crippen molar-refractivity contribution >= 4 is 23.3 Å². The minimum Gasteiger partial charge on any atom is -0.504 e. The predicted molar refractivity (Wildman–Crippen MR) is 153 cm³/mol. The fourth-order valence-corrected chi connectivity index (χ4v) is 4.39. The van der Waals surface area contributed by atoms with Crippen LogP contribution in [0, 0.1) is 17.0 Å². The highest BCUT2D eigenvalue weighted by Crippen LogP contribution is 2.42. The van der Waals surface area contributed by atoms with Gasteiger partial charge in [-0.1, -0.05) is 19.1 Å². The van der Waals surface area contributed by atoms with E-state index in [9.17, 15) is 15.0 Å². The maximum Gasteiger partial charge on any atom is 0.328 e. The lowest BCUT2D eigenvalue weighted by molar-refractivity contribution is -0.142. The maximum atomic E-state index is 16.2. The molecule has 0 saturated heterocycles. The van der Waals surface area contributed by atoms with E-state index in [1.165, 1.54) is 32.0 Å². The number of hydrogen-bond donors (Lipinski definition) is 4. The third-order valence-electron chi connectivity index (χ3n) is 6.75. The lowest BCUT2D eigenvalue weighted by atomic mass is 10.0. The molecular formula is C29H32F2N6O5. The summed E-state index contributed by atoms with van der Waals surface area (Å²) in [4.78, 5) is 23.6. The van der Waals surface area contributed by atoms with Crippen molar-refractivity contribution in [3.8, 4) is 29.0 Å². The van der Waals surface area contributed by atoms with Gasteiger partial charge < -0.3 is 35.2 Å². The Kier molecular flexibility index (Phi) is 8.50. The molecule has 2 heterocycles. The van der Waals surface area contributed by atoms with Crippen LogP contribution in [-0.4, -0.2) is 70.0 Å². The summed E-state index contributed by atoms with van der Waals surface area (Å²) in [6, 6.07) is 10.4. The largest absolute Gasteiger partial charge is 0.504 e. The van der Waals surface area contributed by atoms with Crippen molar-refractivity contribution in [2.75, 3.05) is 31.6 Å². The van der Waals surface area contributed by atoms with Crippen LogP contribution in [0.1, 0.15) is 38.3 Å². The topological polar surface area (TPSA) is 158 Å². The molecule has 1 aliphatic rings. The molecule has 11 nitrogen and oxygen atoms in total. The Bertz CT molecular complexity index is 1560. The number of nitrogen functional groups attached to an aromatic ring is 1. The van der Waals surface area contributed by atoms with Gasteiger partial charge in [0, 0.05) is 31.3 Å². The summed E-state index contributed by atoms with van der Waals surface area (Å²) in [5, 5.41) is 27.9. The molecule has 0 amide bonds. The molecular weight excluding hydrogens is 550 g/mol. The molecule has 0 bridgehead atoms. The van der Waals surface area contributed by atoms with Crippen LogP contribution in [-0.2, 0) is 4.79 Å². The fourth-order valence-electron chi connectivity index (χ4n) is 4.39. The maximum absolute atomic E-state index is 16.2. The number of phenolic OH excluding ortho intramolecular Hbond substituents is 1. The van der Waals surface area contributed by atoms with Crippen molar-refractivity contribution in [1.82, 2.24) is 9.88 Å². The molecule has 0 radical (unpaired) electrons. The SMILES string of the molecule is CCCN(c1c(F)c(Oc2cccc(C3=NCCN3C)c2)nc(Oc2cc(C(=N)N)ccc2O)c1F)C(C)(C)C(=O)O. The summed E-state index contributed by atoms with van der Waals surface area (Å²) >= 11 is 0. The number of nitrogens with one attached hydrogen (secondary N) is 1. The quantitative estimate of drug-likeness (QED) is 0.186. The summed E-state index contributed by atoms with van der Waals surface area (Å²) in [5.41, 5.74) is 3.92. The first-order chi connectivity index (χ1) is 19.8. The molecule has 42 heavy (non-hydrogen) atoms. The number of halogens is 2. The molecule has 1 aliphatic heterocycles. The molecule has 13 heteroatoms. The van der Waals surface area contributed by atoms with Gasteiger partial charge in [-0.15, -0.1) is 0 Å². The lowest BCUT2D eigenvalue weighted by Crippen LogP contribution is -2.51. The van der Waals surface area contributed by atoms with E-state index in [-0.39, 0.29) is 29.4 Å². The van der Waals surface area contributed by atoms with Crippen molar-refractivity contribution in [2.45, 2.75) is 32.7 Å². The van der Waals surface area contributed by atoms with Crippen molar-refractivity contribution in [3.63, 3.8) is 0 Å². The Labute approximate surface area is 241 Å². The molecule has 0 unspecified atom stereocenters. The third-order valence-corrected chi connectivity index (χ3v) is 6.75. The van der Waals surface area contributed by atoms with Crippen LogP contribution in [0.4, 0.5) is 14.5 Å². The monoisotopic (exact) mass is 582 g/mol. The Balaban J connectivity index is 1.88. The molecule has 0 spiro atoms. The number of nitrogens with zero attached hydrogens (tertiary/aromatic N) is 4. The number of anilines is 1. The van der Waals surface area contributed by atoms with Gasteiger partial charge in [0.25, 0.3) is 11.8 Å². The number of nitrogens with two attached hydrogens (primary N) is 1. The van der Waals surface area contributed by atoms with Crippen LogP contribution in [0.5, 0.6) is 29.0 Å². The first kappa shape index (κ1) is 30.0. The first-order valence-electron chi connectivity index (χ1n) is 13.1. The summed E-state index contributed by atoms with van der Waals surface area (Å²) in [7, 11) is 1.89. The van der Waals surface area contributed by atoms with Crippen molar-refractivity contribution in [1.29, 1.82) is 5.41 Å². The number of likely N-dealkylation sites (N-methyl/N-ethyl adjacent to an activating group) is 1. The van der Waals surface area contributed by atoms with Gasteiger partial charge >= 0.3 is 5.97 Å². The van der Waals surface area contributed by atoms with Gasteiger partial charge in [0.15, 0.2) is 11.5 Å². The van der Waals surface area contributed by atoms with Crippen LogP contribution in [0.25, 0.3) is 0 Å². The Morgan fingerprint density at radius 3 is 2.45 bits per heavy atom. The van der Waals surface area contributed by atoms with Crippen LogP contribution in [0.2, 0.25) is 0 Å². The lowest BCUT2D eigenvalue weighted by Gasteiger charge is -2.37. The van der Waals surface area contributed by atoms with Gasteiger partial charge in [-0.05, 0) is 50.6 Å². The van der Waals surface area contributed by atoms with Gasteiger partial charge in [0.1, 0.15) is 28.6 Å². The second-order valence-electron chi connectivity index (χ2n) is 10.2. The average Bonchev–Trinajstić information content (AvgIpc) is 3.37. The number of aromatic hydroxyl groups is 1. The first-order valence-corrected chi connectivity index (χ1v) is 13.1. The molecule has 222 valence electrons. The number of benzene rings is 2. The molecule has 4 rings (SSSR count). The van der Waals surface area contributed by atoms with E-state index in [1.807, 2.05) is 18.0 Å². The van der Waals surface area contributed by atoms with Gasteiger partial charge in [0.2, 0.25) is 11.6 Å². The van der Waals surface area contributed by atoms with E-state index in [0.29, 0.717) is 18.5 Å². The van der Waals surface area contributed by atoms with Crippen molar-refractivity contribution < 1.29 is 33.3 Å². The van der Waals surface area contributed by atoms with Crippen LogP contribution in [0.3, 0.4) is 0 Å². The zero-order valence-corrected chi connectivity index (χ0v) is 23.6. The highest BCUT2D eigenvalue weighted by Gasteiger charge is 2.40. The molecule has 1 aromatic heterocycles. The second kappa shape index (κ2) is 11.9. The van der Waals surface area contributed by atoms with Gasteiger partial charge in [-0.2, -0.15) is 13.8 Å². The van der Waals surface area contributed by atoms with Crippen LogP contribution in [0.15, 0.2) is 47.5 Å². The van der Waals surface area contributed by atoms with E-state index >= 15 is 8.78 Å². The zero-order valence-electron chi connectivity index (χ0n) is 23.6. The number of carboxylic acid groups (broad SMARTS) is 1. The predicted octanol–water partition coefficient (Wildman–Crippen LogP) is 4.71. The number of carboxylic acids is 1. The van der Waals surface area contributed by atoms with Crippen molar-refractivity contribution in [2.24, 2.45) is 10.7 Å². The summed E-state index contributed by atoms with van der Waals surface area (Å²) in [6.07, 6.45) is 0.351. The fraction of sp³-hybridized carbons (Fsp3) is 0.310. The molecule has 3 aromatic rings. The zero-order chi connectivity index (χ0) is 30.8. The summed E-state index contributed by atoms with van der Waals surface area (Å²) in [6.45, 7) is 5.69. The van der Waals surface area contributed by atoms with E-state index in [4.69, 9.17) is 20.6 Å². The summed E-state index contributed by atoms with van der Waals surface area (Å²) in [5.74, 6) is -5.58. The number of pyridine rings is 1. The summed E-state index contributed by atoms with van der Waals surface area (Å²) < 4.78 is 43.7. The number of aliphatic imine (C=N–C) groups is 1. The highest BCUT2D eigenvalue weighted by molar-refractivity contribution is 6.00. The standard InChI is InChI=1S/C29H32F2N6O5/c1-5-12-37(29(2,3)28(39)40)23-21(30)26(41-18-8-6-7-17(14-18)25-34-11-13-36(25)4)35-27(22(23)31)42-20-15-16(24(32)33)9-10-19(20)38/h6-10,14-15,38H,5,11-13H2,1-4H3,(H3,32,33)(H,39,40). The smallest absolute Gasteiger partial charge is 0.328 e. The van der Waals surface area contributed by atoms with Crippen LogP contribution >= 0.6 is 0 Å². The number of ether oxygens (including phenoxy) is 2. The van der Waals surface area contributed by atoms with Crippen molar-refractivity contribution in [3.05, 3.63) is 65.2 Å². The number of amidine groups is 2. The molecule has 2 aromatic carbocycles.